The van der Waals surface area contributed by atoms with Gasteiger partial charge in [-0.15, -0.1) is 0 Å². The fraction of sp³-hybridized carbons (Fsp3) is 0.148. The Morgan fingerprint density at radius 1 is 1.08 bits per heavy atom. The van der Waals surface area contributed by atoms with E-state index in [4.69, 9.17) is 23.2 Å². The maximum absolute atomic E-state index is 13.6. The van der Waals surface area contributed by atoms with Crippen molar-refractivity contribution < 1.29 is 14.0 Å². The number of anilines is 1. The van der Waals surface area contributed by atoms with Crippen LogP contribution in [0.15, 0.2) is 83.4 Å². The van der Waals surface area contributed by atoms with E-state index >= 15 is 0 Å². The molecule has 182 valence electrons. The molecule has 1 atom stereocenters. The van der Waals surface area contributed by atoms with Gasteiger partial charge in [-0.2, -0.15) is 5.26 Å². The Labute approximate surface area is 222 Å². The largest absolute Gasteiger partial charge is 0.351 e. The Hall–Kier alpha value is -3.31. The lowest BCUT2D eigenvalue weighted by atomic mass is 10.1. The van der Waals surface area contributed by atoms with Crippen molar-refractivity contribution in [3.8, 4) is 6.07 Å². The first kappa shape index (κ1) is 25.8. The molecule has 1 N–H and O–H groups in total. The van der Waals surface area contributed by atoms with Gasteiger partial charge in [0, 0.05) is 22.3 Å². The smallest absolute Gasteiger partial charge is 0.264 e. The third-order valence-electron chi connectivity index (χ3n) is 5.55. The molecule has 9 heteroatoms. The molecule has 0 aliphatic carbocycles. The average molecular weight is 540 g/mol. The highest BCUT2D eigenvalue weighted by atomic mass is 35.5. The van der Waals surface area contributed by atoms with Crippen molar-refractivity contribution in [2.45, 2.75) is 18.1 Å². The number of thioether (sulfide) groups is 1. The Bertz CT molecular complexity index is 1360. The number of nitrogens with zero attached hydrogens (tertiary/aromatic N) is 2. The minimum atomic E-state index is -0.665. The van der Waals surface area contributed by atoms with Gasteiger partial charge in [0.15, 0.2) is 0 Å². The number of carbonyl (C=O) groups is 2. The first-order valence-electron chi connectivity index (χ1n) is 11.0. The SMILES string of the molecule is N#C/C(C(=O)NCCc1ccccc1)=C1/SC(Cc2cc(Cl)ccc2Cl)C(=O)N1c1ccc(F)cc1. The average Bonchev–Trinajstić information content (AvgIpc) is 3.18. The zero-order valence-electron chi connectivity index (χ0n) is 18.9. The maximum atomic E-state index is 13.6. The van der Waals surface area contributed by atoms with Crippen LogP contribution in [-0.4, -0.2) is 23.6 Å². The summed E-state index contributed by atoms with van der Waals surface area (Å²) in [4.78, 5) is 27.8. The van der Waals surface area contributed by atoms with Gasteiger partial charge in [0.2, 0.25) is 5.91 Å². The predicted molar refractivity (Wildman–Crippen MR) is 141 cm³/mol. The quantitative estimate of drug-likeness (QED) is 0.299. The molecule has 0 radical (unpaired) electrons. The number of amides is 2. The van der Waals surface area contributed by atoms with Crippen molar-refractivity contribution in [3.05, 3.63) is 110 Å². The van der Waals surface area contributed by atoms with Crippen LogP contribution in [-0.2, 0) is 22.4 Å². The van der Waals surface area contributed by atoms with E-state index in [2.05, 4.69) is 5.32 Å². The summed E-state index contributed by atoms with van der Waals surface area (Å²) in [6.07, 6.45) is 0.822. The summed E-state index contributed by atoms with van der Waals surface area (Å²) in [6.45, 7) is 0.317. The Morgan fingerprint density at radius 2 is 1.81 bits per heavy atom. The van der Waals surface area contributed by atoms with Crippen molar-refractivity contribution in [2.24, 2.45) is 0 Å². The number of hydrogen-bond donors (Lipinski definition) is 1. The number of benzene rings is 3. The minimum Gasteiger partial charge on any atom is -0.351 e. The van der Waals surface area contributed by atoms with Crippen LogP contribution < -0.4 is 10.2 Å². The van der Waals surface area contributed by atoms with Crippen molar-refractivity contribution in [1.82, 2.24) is 5.32 Å². The normalized spacial score (nSPS) is 16.6. The molecule has 0 saturated carbocycles. The Balaban J connectivity index is 1.64. The van der Waals surface area contributed by atoms with E-state index in [1.54, 1.807) is 18.2 Å². The molecule has 4 rings (SSSR count). The van der Waals surface area contributed by atoms with E-state index < -0.39 is 17.0 Å². The molecule has 0 aromatic heterocycles. The zero-order chi connectivity index (χ0) is 25.7. The van der Waals surface area contributed by atoms with Crippen LogP contribution in [0.4, 0.5) is 10.1 Å². The standard InChI is InChI=1S/C27H20Cl2FN3O2S/c28-19-6-11-23(29)18(14-19)15-24-26(35)33(21-9-7-20(30)8-10-21)27(36-24)22(16-31)25(34)32-13-12-17-4-2-1-3-5-17/h1-11,14,24H,12-13,15H2,(H,32,34)/b27-22-. The summed E-state index contributed by atoms with van der Waals surface area (Å²) in [5.41, 5.74) is 1.88. The summed E-state index contributed by atoms with van der Waals surface area (Å²) in [5, 5.41) is 13.1. The van der Waals surface area contributed by atoms with E-state index in [9.17, 15) is 19.2 Å². The van der Waals surface area contributed by atoms with Crippen LogP contribution in [0.5, 0.6) is 0 Å². The Kier molecular flexibility index (Phi) is 8.32. The fourth-order valence-electron chi connectivity index (χ4n) is 3.76. The molecule has 1 saturated heterocycles. The van der Waals surface area contributed by atoms with E-state index in [1.807, 2.05) is 36.4 Å². The minimum absolute atomic E-state index is 0.189. The molecule has 1 heterocycles. The zero-order valence-corrected chi connectivity index (χ0v) is 21.2. The van der Waals surface area contributed by atoms with Gasteiger partial charge in [-0.25, -0.2) is 4.39 Å². The monoisotopic (exact) mass is 539 g/mol. The molecule has 3 aromatic carbocycles. The molecule has 1 aliphatic rings. The van der Waals surface area contributed by atoms with Crippen molar-refractivity contribution in [2.75, 3.05) is 11.4 Å². The van der Waals surface area contributed by atoms with Crippen LogP contribution in [0.1, 0.15) is 11.1 Å². The molecular formula is C27H20Cl2FN3O2S. The lowest BCUT2D eigenvalue weighted by molar-refractivity contribution is -0.117. The second kappa shape index (κ2) is 11.6. The number of hydrogen-bond acceptors (Lipinski definition) is 4. The second-order valence-electron chi connectivity index (χ2n) is 7.98. The van der Waals surface area contributed by atoms with Gasteiger partial charge in [-0.05, 0) is 66.4 Å². The topological polar surface area (TPSA) is 73.2 Å². The van der Waals surface area contributed by atoms with Gasteiger partial charge < -0.3 is 5.32 Å². The highest BCUT2D eigenvalue weighted by Crippen LogP contribution is 2.42. The number of carbonyl (C=O) groups excluding carboxylic acids is 2. The predicted octanol–water partition coefficient (Wildman–Crippen LogP) is 5.92. The molecule has 36 heavy (non-hydrogen) atoms. The van der Waals surface area contributed by atoms with E-state index in [0.717, 1.165) is 17.3 Å². The summed E-state index contributed by atoms with van der Waals surface area (Å²) >= 11 is 13.5. The summed E-state index contributed by atoms with van der Waals surface area (Å²) in [6, 6.07) is 21.9. The van der Waals surface area contributed by atoms with E-state index in [1.165, 1.54) is 29.2 Å². The third kappa shape index (κ3) is 5.90. The highest BCUT2D eigenvalue weighted by molar-refractivity contribution is 8.05. The first-order valence-corrected chi connectivity index (χ1v) is 12.7. The fourth-order valence-corrected chi connectivity index (χ4v) is 5.45. The van der Waals surface area contributed by atoms with Crippen molar-refractivity contribution in [3.63, 3.8) is 0 Å². The van der Waals surface area contributed by atoms with Gasteiger partial charge in [-0.3, -0.25) is 14.5 Å². The first-order chi connectivity index (χ1) is 17.4. The molecule has 5 nitrogen and oxygen atoms in total. The highest BCUT2D eigenvalue weighted by Gasteiger charge is 2.41. The van der Waals surface area contributed by atoms with Gasteiger partial charge in [-0.1, -0.05) is 65.3 Å². The van der Waals surface area contributed by atoms with Gasteiger partial charge in [0.1, 0.15) is 22.5 Å². The lowest BCUT2D eigenvalue weighted by Gasteiger charge is -2.18. The summed E-state index contributed by atoms with van der Waals surface area (Å²) < 4.78 is 13.6. The Morgan fingerprint density at radius 3 is 2.50 bits per heavy atom. The molecule has 1 fully saturated rings. The van der Waals surface area contributed by atoms with Gasteiger partial charge in [0.25, 0.3) is 5.91 Å². The van der Waals surface area contributed by atoms with Crippen LogP contribution in [0.25, 0.3) is 0 Å². The third-order valence-corrected chi connectivity index (χ3v) is 7.41. The number of nitriles is 1. The summed E-state index contributed by atoms with van der Waals surface area (Å²) in [7, 11) is 0. The molecule has 1 aliphatic heterocycles. The number of rotatable bonds is 7. The van der Waals surface area contributed by atoms with E-state index in [-0.39, 0.29) is 22.9 Å². The van der Waals surface area contributed by atoms with Crippen LogP contribution >= 0.6 is 35.0 Å². The molecule has 1 unspecified atom stereocenters. The molecule has 2 amide bonds. The molecule has 0 bridgehead atoms. The second-order valence-corrected chi connectivity index (χ2v) is 10.0. The lowest BCUT2D eigenvalue weighted by Crippen LogP contribution is -2.32. The molecule has 3 aromatic rings. The van der Waals surface area contributed by atoms with E-state index in [0.29, 0.717) is 34.3 Å². The van der Waals surface area contributed by atoms with Crippen LogP contribution in [0.3, 0.4) is 0 Å². The van der Waals surface area contributed by atoms with Crippen molar-refractivity contribution in [1.29, 1.82) is 5.26 Å². The number of nitrogens with one attached hydrogen (secondary N) is 1. The maximum Gasteiger partial charge on any atom is 0.264 e. The van der Waals surface area contributed by atoms with Gasteiger partial charge >= 0.3 is 0 Å². The number of halogens is 3. The molecule has 0 spiro atoms. The van der Waals surface area contributed by atoms with Crippen LogP contribution in [0, 0.1) is 17.1 Å². The van der Waals surface area contributed by atoms with Crippen LogP contribution in [0.2, 0.25) is 10.0 Å². The van der Waals surface area contributed by atoms with Gasteiger partial charge in [0.05, 0.1) is 5.25 Å². The molecular weight excluding hydrogens is 520 g/mol. The van der Waals surface area contributed by atoms with Crippen molar-refractivity contribution >= 4 is 52.5 Å². The summed E-state index contributed by atoms with van der Waals surface area (Å²) in [5.74, 6) is -1.40.